The molecule has 2 amide bonds. The summed E-state index contributed by atoms with van der Waals surface area (Å²) in [6.07, 6.45) is 0.952. The maximum Gasteiger partial charge on any atom is 0.411 e. The zero-order valence-corrected chi connectivity index (χ0v) is 17.8. The fourth-order valence-corrected chi connectivity index (χ4v) is 3.28. The second kappa shape index (κ2) is 8.43. The van der Waals surface area contributed by atoms with Crippen molar-refractivity contribution < 1.29 is 23.5 Å². The van der Waals surface area contributed by atoms with Crippen LogP contribution in [0.15, 0.2) is 36.5 Å². The van der Waals surface area contributed by atoms with Crippen molar-refractivity contribution >= 4 is 17.7 Å². The summed E-state index contributed by atoms with van der Waals surface area (Å²) in [7, 11) is 1.49. The highest BCUT2D eigenvalue weighted by molar-refractivity contribution is 5.97. The number of methoxy groups -OCH3 is 1. The van der Waals surface area contributed by atoms with Gasteiger partial charge in [0.1, 0.15) is 11.6 Å². The van der Waals surface area contributed by atoms with Gasteiger partial charge in [-0.05, 0) is 58.0 Å². The summed E-state index contributed by atoms with van der Waals surface area (Å²) in [6.45, 7) is 7.23. The number of halogens is 1. The third-order valence-corrected chi connectivity index (χ3v) is 4.77. The number of hydrogen-bond acceptors (Lipinski definition) is 5. The average molecular weight is 418 g/mol. The Morgan fingerprint density at radius 2 is 1.87 bits per heavy atom. The summed E-state index contributed by atoms with van der Waals surface area (Å²) in [6, 6.07) is 7.16. The fraction of sp³-hybridized carbons (Fsp3) is 0.476. The average Bonchev–Trinajstić information content (AvgIpc) is 3.32. The molecule has 3 rings (SSSR count). The summed E-state index contributed by atoms with van der Waals surface area (Å²) in [5.74, 6) is -0.844. The minimum absolute atomic E-state index is 0.0673. The van der Waals surface area contributed by atoms with E-state index < -0.39 is 23.6 Å². The summed E-state index contributed by atoms with van der Waals surface area (Å²) < 4.78 is 27.3. The van der Waals surface area contributed by atoms with Gasteiger partial charge >= 0.3 is 6.09 Å². The van der Waals surface area contributed by atoms with E-state index in [1.807, 2.05) is 13.0 Å². The van der Waals surface area contributed by atoms with Crippen LogP contribution in [-0.4, -0.2) is 58.1 Å². The second-order valence-electron chi connectivity index (χ2n) is 8.28. The molecule has 2 heterocycles. The molecule has 0 bridgehead atoms. The van der Waals surface area contributed by atoms with Crippen molar-refractivity contribution in [3.05, 3.63) is 42.2 Å². The molecule has 2 aromatic rings. The van der Waals surface area contributed by atoms with E-state index in [9.17, 15) is 14.1 Å². The molecular formula is C21H27FN4O4. The number of benzene rings is 1. The number of rotatable bonds is 4. The minimum Gasteiger partial charge on any atom is -0.444 e. The highest BCUT2D eigenvalue weighted by Gasteiger charge is 2.44. The number of anilines is 1. The Morgan fingerprint density at radius 3 is 2.40 bits per heavy atom. The minimum atomic E-state index is -1.01. The number of amides is 2. The highest BCUT2D eigenvalue weighted by Crippen LogP contribution is 2.27. The molecule has 0 spiro atoms. The van der Waals surface area contributed by atoms with E-state index in [-0.39, 0.29) is 29.9 Å². The van der Waals surface area contributed by atoms with Crippen LogP contribution in [0.1, 0.15) is 32.9 Å². The molecule has 1 fully saturated rings. The Hall–Kier alpha value is -2.94. The maximum atomic E-state index is 15.0. The van der Waals surface area contributed by atoms with Gasteiger partial charge in [0.05, 0.1) is 29.7 Å². The summed E-state index contributed by atoms with van der Waals surface area (Å²) >= 11 is 0. The molecule has 1 saturated heterocycles. The lowest BCUT2D eigenvalue weighted by Gasteiger charge is -2.28. The Labute approximate surface area is 175 Å². The Bertz CT molecular complexity index is 906. The number of carbonyl (C=O) groups is 2. The van der Waals surface area contributed by atoms with Crippen LogP contribution < -0.4 is 5.12 Å². The molecule has 9 heteroatoms. The zero-order valence-electron chi connectivity index (χ0n) is 17.8. The number of hydrogen-bond donors (Lipinski definition) is 0. The van der Waals surface area contributed by atoms with Crippen molar-refractivity contribution in [2.45, 2.75) is 51.9 Å². The van der Waals surface area contributed by atoms with E-state index in [1.165, 1.54) is 24.1 Å². The zero-order chi connectivity index (χ0) is 22.1. The van der Waals surface area contributed by atoms with E-state index in [2.05, 4.69) is 5.10 Å². The van der Waals surface area contributed by atoms with Gasteiger partial charge in [0.2, 0.25) is 0 Å². The molecule has 1 aliphatic rings. The van der Waals surface area contributed by atoms with Crippen molar-refractivity contribution in [1.29, 1.82) is 0 Å². The van der Waals surface area contributed by atoms with Crippen LogP contribution in [0.25, 0.3) is 5.69 Å². The van der Waals surface area contributed by atoms with Gasteiger partial charge in [0.15, 0.2) is 0 Å². The van der Waals surface area contributed by atoms with Gasteiger partial charge in [-0.15, -0.1) is 5.12 Å². The molecule has 0 N–H and O–H groups in total. The molecule has 1 aromatic heterocycles. The summed E-state index contributed by atoms with van der Waals surface area (Å²) in [5.41, 5.74) is 0.935. The van der Waals surface area contributed by atoms with E-state index in [4.69, 9.17) is 9.47 Å². The fourth-order valence-electron chi connectivity index (χ4n) is 3.28. The molecule has 0 radical (unpaired) electrons. The first-order chi connectivity index (χ1) is 14.1. The standard InChI is InChI=1S/C21H27FN4O4/c1-14-10-11-25(23-14)15-6-8-16(9-7-15)26(22)19(27)18-12-17(29-5)13-24(18)20(28)30-21(2,3)4/h6-11,17-18H,12-13H2,1-5H3/t17-,18-/m1/s1. The van der Waals surface area contributed by atoms with Gasteiger partial charge in [0, 0.05) is 19.7 Å². The van der Waals surface area contributed by atoms with Crippen LogP contribution in [0.4, 0.5) is 15.0 Å². The summed E-state index contributed by atoms with van der Waals surface area (Å²) in [4.78, 5) is 26.7. The van der Waals surface area contributed by atoms with Crippen molar-refractivity contribution in [3.8, 4) is 5.69 Å². The first-order valence-corrected chi connectivity index (χ1v) is 9.74. The van der Waals surface area contributed by atoms with Gasteiger partial charge in [-0.2, -0.15) is 5.10 Å². The van der Waals surface area contributed by atoms with Gasteiger partial charge in [0.25, 0.3) is 5.91 Å². The van der Waals surface area contributed by atoms with Crippen LogP contribution in [0.3, 0.4) is 0 Å². The van der Waals surface area contributed by atoms with E-state index in [0.717, 1.165) is 11.4 Å². The first-order valence-electron chi connectivity index (χ1n) is 9.74. The lowest BCUT2D eigenvalue weighted by molar-refractivity contribution is -0.125. The van der Waals surface area contributed by atoms with Crippen molar-refractivity contribution in [2.75, 3.05) is 18.8 Å². The highest BCUT2D eigenvalue weighted by atomic mass is 19.2. The number of carbonyl (C=O) groups excluding carboxylic acids is 2. The van der Waals surface area contributed by atoms with E-state index in [0.29, 0.717) is 0 Å². The first kappa shape index (κ1) is 21.8. The van der Waals surface area contributed by atoms with Crippen LogP contribution in [0, 0.1) is 6.92 Å². The SMILES string of the molecule is CO[C@@H]1C[C@H](C(=O)N(F)c2ccc(-n3ccc(C)n3)cc2)N(C(=O)OC(C)(C)C)C1. The molecule has 8 nitrogen and oxygen atoms in total. The topological polar surface area (TPSA) is 76.9 Å². The molecule has 30 heavy (non-hydrogen) atoms. The summed E-state index contributed by atoms with van der Waals surface area (Å²) in [5, 5.41) is 4.37. The van der Waals surface area contributed by atoms with Crippen molar-refractivity contribution in [1.82, 2.24) is 14.7 Å². The van der Waals surface area contributed by atoms with Gasteiger partial charge in [-0.1, -0.05) is 4.48 Å². The smallest absolute Gasteiger partial charge is 0.411 e. The van der Waals surface area contributed by atoms with Crippen LogP contribution in [0.5, 0.6) is 0 Å². The number of aromatic nitrogens is 2. The number of ether oxygens (including phenoxy) is 2. The molecule has 1 aliphatic heterocycles. The Morgan fingerprint density at radius 1 is 1.20 bits per heavy atom. The lowest BCUT2D eigenvalue weighted by atomic mass is 10.1. The van der Waals surface area contributed by atoms with Gasteiger partial charge in [-0.25, -0.2) is 9.48 Å². The third-order valence-electron chi connectivity index (χ3n) is 4.77. The predicted molar refractivity (Wildman–Crippen MR) is 109 cm³/mol. The molecule has 0 unspecified atom stereocenters. The second-order valence-corrected chi connectivity index (χ2v) is 8.28. The normalized spacial score (nSPS) is 19.1. The molecule has 2 atom stereocenters. The van der Waals surface area contributed by atoms with E-state index >= 15 is 0 Å². The number of nitrogens with zero attached hydrogens (tertiary/aromatic N) is 4. The number of aryl methyl sites for hydroxylation is 1. The Kier molecular flexibility index (Phi) is 6.12. The van der Waals surface area contributed by atoms with Crippen LogP contribution >= 0.6 is 0 Å². The molecule has 0 saturated carbocycles. The molecule has 162 valence electrons. The van der Waals surface area contributed by atoms with Crippen molar-refractivity contribution in [3.63, 3.8) is 0 Å². The third kappa shape index (κ3) is 4.79. The largest absolute Gasteiger partial charge is 0.444 e. The maximum absolute atomic E-state index is 15.0. The molecule has 0 aliphatic carbocycles. The van der Waals surface area contributed by atoms with E-state index in [1.54, 1.807) is 43.8 Å². The van der Waals surface area contributed by atoms with Crippen LogP contribution in [-0.2, 0) is 14.3 Å². The lowest BCUT2D eigenvalue weighted by Crippen LogP contribution is -2.47. The monoisotopic (exact) mass is 418 g/mol. The van der Waals surface area contributed by atoms with Gasteiger partial charge in [-0.3, -0.25) is 9.69 Å². The molecule has 1 aromatic carbocycles. The Balaban J connectivity index is 1.76. The van der Waals surface area contributed by atoms with Crippen molar-refractivity contribution in [2.24, 2.45) is 0 Å². The van der Waals surface area contributed by atoms with Crippen LogP contribution in [0.2, 0.25) is 0 Å². The molecular weight excluding hydrogens is 391 g/mol. The predicted octanol–water partition coefficient (Wildman–Crippen LogP) is 3.42. The quantitative estimate of drug-likeness (QED) is 0.711. The van der Waals surface area contributed by atoms with Gasteiger partial charge < -0.3 is 9.47 Å². The number of likely N-dealkylation sites (tertiary alicyclic amines) is 1.